The molecule has 29 heavy (non-hydrogen) atoms. The van der Waals surface area contributed by atoms with E-state index >= 15 is 0 Å². The molecule has 0 spiro atoms. The van der Waals surface area contributed by atoms with E-state index in [2.05, 4.69) is 10.6 Å². The fraction of sp³-hybridized carbons (Fsp3) is 0.211. The number of rotatable bonds is 8. The highest BCUT2D eigenvalue weighted by atomic mass is 16.6. The zero-order valence-electron chi connectivity index (χ0n) is 15.7. The third kappa shape index (κ3) is 6.31. The molecular formula is C19H19N3O7. The number of hydrogen-bond acceptors (Lipinski definition) is 7. The van der Waals surface area contributed by atoms with Crippen LogP contribution in [0.1, 0.15) is 17.3 Å². The number of nitrogens with zero attached hydrogens (tertiary/aromatic N) is 1. The van der Waals surface area contributed by atoms with Gasteiger partial charge in [0.05, 0.1) is 12.0 Å². The number of anilines is 1. The van der Waals surface area contributed by atoms with Gasteiger partial charge in [-0.15, -0.1) is 0 Å². The maximum absolute atomic E-state index is 12.1. The maximum Gasteiger partial charge on any atom is 0.326 e. The number of nitrogens with one attached hydrogen (secondary N) is 2. The van der Waals surface area contributed by atoms with Crippen molar-refractivity contribution in [3.05, 3.63) is 64.2 Å². The van der Waals surface area contributed by atoms with E-state index in [-0.39, 0.29) is 5.69 Å². The first kappa shape index (κ1) is 21.4. The topological polar surface area (TPSA) is 137 Å². The molecular weight excluding hydrogens is 382 g/mol. The van der Waals surface area contributed by atoms with Gasteiger partial charge < -0.3 is 20.1 Å². The molecule has 0 aliphatic rings. The summed E-state index contributed by atoms with van der Waals surface area (Å²) in [6.45, 7) is 0.938. The average molecular weight is 401 g/mol. The summed E-state index contributed by atoms with van der Waals surface area (Å²) in [4.78, 5) is 46.1. The number of nitro benzene ring substituents is 1. The summed E-state index contributed by atoms with van der Waals surface area (Å²) in [5.41, 5.74) is 0.505. The first-order valence-electron chi connectivity index (χ1n) is 8.47. The van der Waals surface area contributed by atoms with Crippen molar-refractivity contribution in [2.24, 2.45) is 0 Å². The molecule has 0 aliphatic heterocycles. The van der Waals surface area contributed by atoms with Crippen molar-refractivity contribution in [1.82, 2.24) is 5.32 Å². The summed E-state index contributed by atoms with van der Waals surface area (Å²) in [7, 11) is 1.47. The van der Waals surface area contributed by atoms with Crippen molar-refractivity contribution < 1.29 is 28.8 Å². The van der Waals surface area contributed by atoms with E-state index < -0.39 is 35.4 Å². The summed E-state index contributed by atoms with van der Waals surface area (Å²) in [5, 5.41) is 15.5. The largest absolute Gasteiger partial charge is 0.497 e. The number of nitro groups is 1. The number of carbonyl (C=O) groups is 3. The second-order valence-electron chi connectivity index (χ2n) is 5.84. The Kier molecular flexibility index (Phi) is 7.24. The van der Waals surface area contributed by atoms with E-state index in [1.54, 1.807) is 18.2 Å². The minimum Gasteiger partial charge on any atom is -0.497 e. The van der Waals surface area contributed by atoms with Gasteiger partial charge in [-0.1, -0.05) is 6.07 Å². The second-order valence-corrected chi connectivity index (χ2v) is 5.84. The molecule has 0 saturated carbocycles. The third-order valence-corrected chi connectivity index (χ3v) is 3.75. The Hall–Kier alpha value is -3.95. The van der Waals surface area contributed by atoms with E-state index in [0.717, 1.165) is 0 Å². The summed E-state index contributed by atoms with van der Waals surface area (Å²) >= 11 is 0. The van der Waals surface area contributed by atoms with Gasteiger partial charge in [0.25, 0.3) is 17.5 Å². The van der Waals surface area contributed by atoms with Gasteiger partial charge in [-0.3, -0.25) is 24.5 Å². The monoisotopic (exact) mass is 401 g/mol. The van der Waals surface area contributed by atoms with Crippen molar-refractivity contribution in [2.45, 2.75) is 13.0 Å². The Balaban J connectivity index is 1.82. The van der Waals surface area contributed by atoms with Gasteiger partial charge in [0, 0.05) is 23.4 Å². The molecule has 2 aromatic rings. The maximum atomic E-state index is 12.1. The molecule has 0 bridgehead atoms. The van der Waals surface area contributed by atoms with Crippen LogP contribution >= 0.6 is 0 Å². The Morgan fingerprint density at radius 2 is 1.83 bits per heavy atom. The Labute approximate surface area is 166 Å². The standard InChI is InChI=1S/C19H19N3O7/c1-12(18(24)21-14-6-8-15(9-7-14)22(26)27)29-17(23)11-20-19(25)13-4-3-5-16(10-13)28-2/h3-10,12H,11H2,1-2H3,(H,20,25)(H,21,24). The molecule has 0 heterocycles. The van der Waals surface area contributed by atoms with E-state index in [9.17, 15) is 24.5 Å². The number of benzene rings is 2. The van der Waals surface area contributed by atoms with Crippen molar-refractivity contribution in [3.63, 3.8) is 0 Å². The fourth-order valence-electron chi connectivity index (χ4n) is 2.22. The van der Waals surface area contributed by atoms with Gasteiger partial charge in [0.1, 0.15) is 12.3 Å². The normalized spacial score (nSPS) is 11.1. The molecule has 10 nitrogen and oxygen atoms in total. The predicted octanol–water partition coefficient (Wildman–Crippen LogP) is 1.90. The highest BCUT2D eigenvalue weighted by Crippen LogP contribution is 2.16. The van der Waals surface area contributed by atoms with Crippen molar-refractivity contribution in [3.8, 4) is 5.75 Å². The van der Waals surface area contributed by atoms with Crippen molar-refractivity contribution in [2.75, 3.05) is 19.0 Å². The number of methoxy groups -OCH3 is 1. The zero-order valence-corrected chi connectivity index (χ0v) is 15.7. The molecule has 2 aromatic carbocycles. The Bertz CT molecular complexity index is 912. The number of ether oxygens (including phenoxy) is 2. The quantitative estimate of drug-likeness (QED) is 0.391. The number of hydrogen-bond donors (Lipinski definition) is 2. The molecule has 1 atom stereocenters. The SMILES string of the molecule is COc1cccc(C(=O)NCC(=O)OC(C)C(=O)Nc2ccc([N+](=O)[O-])cc2)c1. The van der Waals surface area contributed by atoms with Crippen LogP contribution in [0.2, 0.25) is 0 Å². The van der Waals surface area contributed by atoms with E-state index in [1.165, 1.54) is 44.4 Å². The lowest BCUT2D eigenvalue weighted by molar-refractivity contribution is -0.384. The molecule has 2 rings (SSSR count). The molecule has 1 unspecified atom stereocenters. The van der Waals surface area contributed by atoms with Gasteiger partial charge in [-0.25, -0.2) is 0 Å². The number of carbonyl (C=O) groups excluding carboxylic acids is 3. The minimum absolute atomic E-state index is 0.116. The summed E-state index contributed by atoms with van der Waals surface area (Å²) in [6.07, 6.45) is -1.13. The molecule has 0 fully saturated rings. The van der Waals surface area contributed by atoms with Crippen LogP contribution in [0.3, 0.4) is 0 Å². The minimum atomic E-state index is -1.13. The molecule has 2 N–H and O–H groups in total. The first-order chi connectivity index (χ1) is 13.8. The fourth-order valence-corrected chi connectivity index (χ4v) is 2.22. The van der Waals surface area contributed by atoms with E-state index in [4.69, 9.17) is 9.47 Å². The lowest BCUT2D eigenvalue weighted by atomic mass is 10.2. The van der Waals surface area contributed by atoms with Gasteiger partial charge >= 0.3 is 5.97 Å². The van der Waals surface area contributed by atoms with Crippen LogP contribution in [0.15, 0.2) is 48.5 Å². The van der Waals surface area contributed by atoms with Gasteiger partial charge in [0.2, 0.25) is 0 Å². The smallest absolute Gasteiger partial charge is 0.326 e. The summed E-state index contributed by atoms with van der Waals surface area (Å²) < 4.78 is 10.0. The summed E-state index contributed by atoms with van der Waals surface area (Å²) in [5.74, 6) is -1.42. The van der Waals surface area contributed by atoms with Crippen LogP contribution in [0.5, 0.6) is 5.75 Å². The van der Waals surface area contributed by atoms with Crippen LogP contribution < -0.4 is 15.4 Å². The molecule has 0 radical (unpaired) electrons. The number of amides is 2. The molecule has 10 heteroatoms. The van der Waals surface area contributed by atoms with Crippen LogP contribution in [0, 0.1) is 10.1 Å². The van der Waals surface area contributed by atoms with Crippen LogP contribution in [-0.2, 0) is 14.3 Å². The van der Waals surface area contributed by atoms with Gasteiger partial charge in [0.15, 0.2) is 6.10 Å². The predicted molar refractivity (Wildman–Crippen MR) is 103 cm³/mol. The highest BCUT2D eigenvalue weighted by molar-refractivity contribution is 5.97. The molecule has 0 saturated heterocycles. The lowest BCUT2D eigenvalue weighted by Gasteiger charge is -2.14. The van der Waals surface area contributed by atoms with Crippen LogP contribution in [0.4, 0.5) is 11.4 Å². The lowest BCUT2D eigenvalue weighted by Crippen LogP contribution is -2.35. The zero-order chi connectivity index (χ0) is 21.4. The first-order valence-corrected chi connectivity index (χ1v) is 8.47. The second kappa shape index (κ2) is 9.83. The van der Waals surface area contributed by atoms with E-state index in [1.807, 2.05) is 0 Å². The Morgan fingerprint density at radius 1 is 1.14 bits per heavy atom. The van der Waals surface area contributed by atoms with Crippen molar-refractivity contribution in [1.29, 1.82) is 0 Å². The highest BCUT2D eigenvalue weighted by Gasteiger charge is 2.19. The third-order valence-electron chi connectivity index (χ3n) is 3.75. The van der Waals surface area contributed by atoms with E-state index in [0.29, 0.717) is 17.0 Å². The molecule has 0 aliphatic carbocycles. The van der Waals surface area contributed by atoms with Crippen LogP contribution in [-0.4, -0.2) is 42.5 Å². The van der Waals surface area contributed by atoms with Gasteiger partial charge in [-0.2, -0.15) is 0 Å². The van der Waals surface area contributed by atoms with Gasteiger partial charge in [-0.05, 0) is 37.3 Å². The molecule has 152 valence electrons. The number of non-ortho nitro benzene ring substituents is 1. The summed E-state index contributed by atoms with van der Waals surface area (Å²) in [6, 6.07) is 11.6. The van der Waals surface area contributed by atoms with Crippen LogP contribution in [0.25, 0.3) is 0 Å². The molecule has 0 aromatic heterocycles. The number of esters is 1. The molecule has 2 amide bonds. The average Bonchev–Trinajstić information content (AvgIpc) is 2.72. The van der Waals surface area contributed by atoms with Crippen molar-refractivity contribution >= 4 is 29.2 Å². The Morgan fingerprint density at radius 3 is 2.45 bits per heavy atom.